The number of aliphatic hydroxyl groups excluding tert-OH is 1. The van der Waals surface area contributed by atoms with Gasteiger partial charge in [0.15, 0.2) is 11.6 Å². The number of phenols is 1. The number of ether oxygens (including phenoxy) is 3. The van der Waals surface area contributed by atoms with Crippen LogP contribution in [0, 0.1) is 18.8 Å². The molecule has 2 saturated carbocycles. The second-order valence-electron chi connectivity index (χ2n) is 22.8. The van der Waals surface area contributed by atoms with Crippen molar-refractivity contribution in [1.82, 2.24) is 40.4 Å². The SMILES string of the molecule is Cc1ncsc1-c1ccc([C@H](C)NC(=O)[C@@H]2C[C@@H](O)CN2C(=O)[C@@H](c2cc(O[C@H]3C[C@H](CN4CCC(O[C@H]5C[C@H](N6CCOC7(CCN(c8cc(-c9ccccc9O)nnc8N)CC7)C6)C5)CC4)C3)no2)C(C)C)cc1. The molecule has 76 heavy (non-hydrogen) atoms. The van der Waals surface area contributed by atoms with E-state index in [2.05, 4.69) is 40.4 Å². The van der Waals surface area contributed by atoms with Gasteiger partial charge in [0.1, 0.15) is 23.8 Å². The van der Waals surface area contributed by atoms with Gasteiger partial charge < -0.3 is 54.7 Å². The number of anilines is 2. The maximum atomic E-state index is 14.3. The maximum Gasteiger partial charge on any atom is 0.254 e. The fraction of sp³-hybridized carbons (Fsp3) is 0.579. The molecule has 0 radical (unpaired) electrons. The van der Waals surface area contributed by atoms with Crippen molar-refractivity contribution in [2.75, 3.05) is 69.6 Å². The first-order chi connectivity index (χ1) is 36.7. The number of morpholine rings is 1. The van der Waals surface area contributed by atoms with Crippen molar-refractivity contribution < 1.29 is 38.5 Å². The highest BCUT2D eigenvalue weighted by molar-refractivity contribution is 7.13. The first kappa shape index (κ1) is 52.4. The summed E-state index contributed by atoms with van der Waals surface area (Å²) in [7, 11) is 0. The van der Waals surface area contributed by atoms with Gasteiger partial charge in [-0.05, 0) is 112 Å². The minimum Gasteiger partial charge on any atom is -0.507 e. The van der Waals surface area contributed by atoms with Crippen LogP contribution in [-0.2, 0) is 19.1 Å². The molecule has 6 fully saturated rings. The average Bonchev–Trinajstić information content (AvgIpc) is 4.15. The number of β-amino-alcohol motifs (C(OH)–C–C–N with tert-alkyl or cyclic N) is 1. The molecule has 2 amide bonds. The molecular formula is C57H74N10O8S. The normalized spacial score (nSPS) is 26.0. The van der Waals surface area contributed by atoms with E-state index in [4.69, 9.17) is 24.5 Å². The number of aliphatic hydroxyl groups is 1. The van der Waals surface area contributed by atoms with Crippen LogP contribution in [0.15, 0.2) is 70.7 Å². The molecule has 2 aliphatic carbocycles. The number of likely N-dealkylation sites (tertiary alicyclic amines) is 2. The number of aryl methyl sites for hydroxylation is 1. The molecule has 4 saturated heterocycles. The van der Waals surface area contributed by atoms with Crippen LogP contribution in [-0.4, -0.2) is 158 Å². The quantitative estimate of drug-likeness (QED) is 0.0784. The van der Waals surface area contributed by atoms with E-state index in [1.165, 1.54) is 4.90 Å². The predicted molar refractivity (Wildman–Crippen MR) is 289 cm³/mol. The van der Waals surface area contributed by atoms with Crippen molar-refractivity contribution in [3.05, 3.63) is 83.2 Å². The average molecular weight is 1060 g/mol. The van der Waals surface area contributed by atoms with Gasteiger partial charge in [0, 0.05) is 76.5 Å². The number of nitrogens with zero attached hydrogens (tertiary/aromatic N) is 8. The number of nitrogens with two attached hydrogens (primary N) is 1. The number of phenolic OH excluding ortho intramolecular Hbond substituents is 1. The van der Waals surface area contributed by atoms with E-state index in [0.717, 1.165) is 131 Å². The van der Waals surface area contributed by atoms with E-state index in [1.807, 2.05) is 75.7 Å². The largest absolute Gasteiger partial charge is 0.507 e. The summed E-state index contributed by atoms with van der Waals surface area (Å²) >= 11 is 1.60. The summed E-state index contributed by atoms with van der Waals surface area (Å²) in [6.45, 7) is 15.3. The molecule has 5 N–H and O–H groups in total. The number of nitrogen functional groups attached to an aromatic ring is 1. The van der Waals surface area contributed by atoms with Crippen LogP contribution in [0.5, 0.6) is 11.6 Å². The molecule has 4 aliphatic heterocycles. The van der Waals surface area contributed by atoms with Crippen molar-refractivity contribution >= 4 is 34.7 Å². The first-order valence-corrected chi connectivity index (χ1v) is 28.5. The number of carbonyl (C=O) groups is 2. The number of hydrogen-bond acceptors (Lipinski definition) is 17. The fourth-order valence-corrected chi connectivity index (χ4v) is 13.4. The Morgan fingerprint density at radius 3 is 2.42 bits per heavy atom. The number of thiazole rings is 1. The highest BCUT2D eigenvalue weighted by Crippen LogP contribution is 2.41. The summed E-state index contributed by atoms with van der Waals surface area (Å²) < 4.78 is 25.3. The lowest BCUT2D eigenvalue weighted by molar-refractivity contribution is -0.159. The number of aromatic hydroxyl groups is 1. The predicted octanol–water partition coefficient (Wildman–Crippen LogP) is 6.97. The molecule has 2 aromatic carbocycles. The summed E-state index contributed by atoms with van der Waals surface area (Å²) in [6, 6.07) is 18.3. The Hall–Kier alpha value is -5.70. The van der Waals surface area contributed by atoms with Crippen molar-refractivity contribution in [3.8, 4) is 33.3 Å². The monoisotopic (exact) mass is 1060 g/mol. The molecule has 406 valence electrons. The van der Waals surface area contributed by atoms with Crippen LogP contribution < -0.4 is 20.7 Å². The molecule has 4 atom stereocenters. The summed E-state index contributed by atoms with van der Waals surface area (Å²) in [5.74, 6) is 0.451. The zero-order valence-corrected chi connectivity index (χ0v) is 45.1. The fourth-order valence-electron chi connectivity index (χ4n) is 12.6. The lowest BCUT2D eigenvalue weighted by atomic mass is 9.81. The van der Waals surface area contributed by atoms with Crippen molar-refractivity contribution in [1.29, 1.82) is 0 Å². The third kappa shape index (κ3) is 11.3. The van der Waals surface area contributed by atoms with E-state index in [-0.39, 0.29) is 54.2 Å². The molecule has 7 heterocycles. The number of carbonyl (C=O) groups excluding carboxylic acids is 2. The van der Waals surface area contributed by atoms with Crippen molar-refractivity contribution in [3.63, 3.8) is 0 Å². The van der Waals surface area contributed by atoms with Gasteiger partial charge in [-0.1, -0.05) is 50.2 Å². The number of amides is 2. The van der Waals surface area contributed by atoms with E-state index in [1.54, 1.807) is 29.5 Å². The molecule has 1 spiro atoms. The topological polar surface area (TPSA) is 218 Å². The number of benzene rings is 2. The molecule has 0 bridgehead atoms. The Bertz CT molecular complexity index is 2800. The van der Waals surface area contributed by atoms with Gasteiger partial charge in [0.05, 0.1) is 64.0 Å². The summed E-state index contributed by atoms with van der Waals surface area (Å²) in [5.41, 5.74) is 13.1. The zero-order chi connectivity index (χ0) is 52.7. The minimum absolute atomic E-state index is 0.0316. The van der Waals surface area contributed by atoms with Gasteiger partial charge in [-0.2, -0.15) is 0 Å². The smallest absolute Gasteiger partial charge is 0.254 e. The van der Waals surface area contributed by atoms with E-state index in [9.17, 15) is 19.8 Å². The van der Waals surface area contributed by atoms with Crippen LogP contribution in [0.25, 0.3) is 21.7 Å². The van der Waals surface area contributed by atoms with E-state index in [0.29, 0.717) is 52.9 Å². The standard InChI is InChI=1S/C57H74N10O8S/c1-34(2)52(56(71)67-31-41(68)27-48(67)55(70)60-35(3)38-9-11-39(12-10-38)53-36(4)59-33-76-53)50-29-51(63-75-50)74-43-23-37(24-43)30-64-17-13-42(14-18-64)73-44-25-40(26-44)66-21-22-72-57(32-66)15-19-65(20-16-57)47-28-46(61-62-54(47)58)45-7-5-6-8-49(45)69/h5-12,28-29,33-35,37,40-44,48,52,68-69H,13-27,30-32H2,1-4H3,(H2,58,62)(H,60,70)/t35-,37-,40-,41+,43-,44-,48-,52+/m0/s1. The van der Waals surface area contributed by atoms with Crippen molar-refractivity contribution in [2.24, 2.45) is 11.8 Å². The van der Waals surface area contributed by atoms with Crippen LogP contribution in [0.3, 0.4) is 0 Å². The Labute approximate surface area is 449 Å². The summed E-state index contributed by atoms with van der Waals surface area (Å²) in [6.07, 6.45) is 7.96. The summed E-state index contributed by atoms with van der Waals surface area (Å²) in [4.78, 5) is 42.5. The number of aromatic nitrogens is 4. The molecule has 6 aliphatic rings. The van der Waals surface area contributed by atoms with Gasteiger partial charge >= 0.3 is 0 Å². The van der Waals surface area contributed by atoms with Crippen LogP contribution in [0.1, 0.15) is 108 Å². The number of para-hydroxylation sites is 1. The Balaban J connectivity index is 0.586. The molecule has 19 heteroatoms. The van der Waals surface area contributed by atoms with Gasteiger partial charge in [0.2, 0.25) is 11.8 Å². The third-order valence-corrected chi connectivity index (χ3v) is 18.1. The van der Waals surface area contributed by atoms with Crippen molar-refractivity contribution in [2.45, 2.75) is 140 Å². The number of nitrogens with one attached hydrogen (secondary N) is 1. The first-order valence-electron chi connectivity index (χ1n) is 27.6. The van der Waals surface area contributed by atoms with Crippen LogP contribution >= 0.6 is 11.3 Å². The highest BCUT2D eigenvalue weighted by atomic mass is 32.1. The lowest BCUT2D eigenvalue weighted by Gasteiger charge is -2.52. The molecule has 0 unspecified atom stereocenters. The van der Waals surface area contributed by atoms with Gasteiger partial charge in [-0.15, -0.1) is 21.5 Å². The second kappa shape index (κ2) is 22.3. The Morgan fingerprint density at radius 1 is 0.934 bits per heavy atom. The van der Waals surface area contributed by atoms with E-state index >= 15 is 0 Å². The Kier molecular flexibility index (Phi) is 15.4. The van der Waals surface area contributed by atoms with Gasteiger partial charge in [0.25, 0.3) is 5.88 Å². The molecule has 11 rings (SSSR count). The number of hydrogen-bond donors (Lipinski definition) is 4. The zero-order valence-electron chi connectivity index (χ0n) is 44.3. The molecular weight excluding hydrogens is 985 g/mol. The lowest BCUT2D eigenvalue weighted by Crippen LogP contribution is -2.61. The minimum atomic E-state index is -0.815. The second-order valence-corrected chi connectivity index (χ2v) is 23.6. The molecule has 3 aromatic heterocycles. The number of rotatable bonds is 16. The maximum absolute atomic E-state index is 14.3. The molecule has 5 aromatic rings. The Morgan fingerprint density at radius 2 is 1.70 bits per heavy atom. The highest BCUT2D eigenvalue weighted by Gasteiger charge is 2.46. The molecule has 18 nitrogen and oxygen atoms in total. The van der Waals surface area contributed by atoms with Crippen LogP contribution in [0.2, 0.25) is 0 Å². The van der Waals surface area contributed by atoms with Gasteiger partial charge in [-0.25, -0.2) is 4.98 Å². The third-order valence-electron chi connectivity index (χ3n) is 17.2. The van der Waals surface area contributed by atoms with E-state index < -0.39 is 18.1 Å². The summed E-state index contributed by atoms with van der Waals surface area (Å²) in [5, 5.41) is 37.0. The number of piperidine rings is 2. The van der Waals surface area contributed by atoms with Crippen LogP contribution in [0.4, 0.5) is 11.5 Å². The van der Waals surface area contributed by atoms with Gasteiger partial charge in [-0.3, -0.25) is 14.5 Å².